The third-order valence-electron chi connectivity index (χ3n) is 2.07. The number of hydrogen-bond donors (Lipinski definition) is 2. The van der Waals surface area contributed by atoms with Crippen molar-refractivity contribution < 1.29 is 13.9 Å². The van der Waals surface area contributed by atoms with Gasteiger partial charge in [-0.05, 0) is 18.7 Å². The van der Waals surface area contributed by atoms with E-state index in [4.69, 9.17) is 4.74 Å². The summed E-state index contributed by atoms with van der Waals surface area (Å²) in [5.41, 5.74) is 0. The monoisotopic (exact) mass is 240 g/mol. The summed E-state index contributed by atoms with van der Waals surface area (Å²) < 4.78 is 18.2. The lowest BCUT2D eigenvalue weighted by molar-refractivity contribution is -0.123. The number of carbonyl (C=O) groups is 1. The first-order chi connectivity index (χ1) is 8.24. The number of nitrogens with one attached hydrogen (secondary N) is 2. The van der Waals surface area contributed by atoms with Crippen LogP contribution >= 0.6 is 0 Å². The van der Waals surface area contributed by atoms with Gasteiger partial charge in [0.05, 0.1) is 0 Å². The Labute approximate surface area is 100 Å². The standard InChI is InChI=1S/C12H17FN2O2/c1-2-14-7-8-15-12(16)9-17-11-6-4-3-5-10(11)13/h3-6,14H,2,7-9H2,1H3,(H,15,16). The highest BCUT2D eigenvalue weighted by molar-refractivity contribution is 5.77. The fourth-order valence-electron chi connectivity index (χ4n) is 1.22. The minimum absolute atomic E-state index is 0.0920. The van der Waals surface area contributed by atoms with Crippen molar-refractivity contribution in [3.05, 3.63) is 30.1 Å². The van der Waals surface area contributed by atoms with Crippen LogP contribution in [0, 0.1) is 5.82 Å². The van der Waals surface area contributed by atoms with Crippen molar-refractivity contribution in [2.75, 3.05) is 26.2 Å². The zero-order valence-corrected chi connectivity index (χ0v) is 9.83. The van der Waals surface area contributed by atoms with Gasteiger partial charge in [0.25, 0.3) is 5.91 Å². The molecule has 0 aliphatic carbocycles. The molecule has 0 saturated carbocycles. The van der Waals surface area contributed by atoms with Crippen LogP contribution in [0.2, 0.25) is 0 Å². The van der Waals surface area contributed by atoms with Gasteiger partial charge in [-0.25, -0.2) is 4.39 Å². The van der Waals surface area contributed by atoms with Crippen LogP contribution < -0.4 is 15.4 Å². The van der Waals surface area contributed by atoms with Crippen molar-refractivity contribution in [2.24, 2.45) is 0 Å². The van der Waals surface area contributed by atoms with E-state index in [1.54, 1.807) is 12.1 Å². The zero-order chi connectivity index (χ0) is 12.5. The maximum atomic E-state index is 13.1. The van der Waals surface area contributed by atoms with Gasteiger partial charge in [0.2, 0.25) is 0 Å². The van der Waals surface area contributed by atoms with E-state index < -0.39 is 5.82 Å². The molecular weight excluding hydrogens is 223 g/mol. The summed E-state index contributed by atoms with van der Waals surface area (Å²) in [5, 5.41) is 5.73. The number of rotatable bonds is 7. The molecule has 1 aromatic rings. The number of amides is 1. The minimum Gasteiger partial charge on any atom is -0.481 e. The average molecular weight is 240 g/mol. The molecule has 0 aliphatic rings. The zero-order valence-electron chi connectivity index (χ0n) is 9.83. The molecule has 0 unspecified atom stereocenters. The van der Waals surface area contributed by atoms with Crippen LogP contribution in [0.3, 0.4) is 0 Å². The van der Waals surface area contributed by atoms with Gasteiger partial charge >= 0.3 is 0 Å². The lowest BCUT2D eigenvalue weighted by atomic mass is 10.3. The number of likely N-dealkylation sites (N-methyl/N-ethyl adjacent to an activating group) is 1. The molecule has 0 atom stereocenters. The first-order valence-electron chi connectivity index (χ1n) is 5.58. The first-order valence-corrected chi connectivity index (χ1v) is 5.58. The molecule has 17 heavy (non-hydrogen) atoms. The minimum atomic E-state index is -0.465. The van der Waals surface area contributed by atoms with Gasteiger partial charge < -0.3 is 15.4 Å². The van der Waals surface area contributed by atoms with Crippen molar-refractivity contribution in [1.82, 2.24) is 10.6 Å². The molecule has 94 valence electrons. The van der Waals surface area contributed by atoms with E-state index in [9.17, 15) is 9.18 Å². The number of ether oxygens (including phenoxy) is 1. The van der Waals surface area contributed by atoms with Gasteiger partial charge in [-0.3, -0.25) is 4.79 Å². The van der Waals surface area contributed by atoms with Crippen LogP contribution in [0.25, 0.3) is 0 Å². The van der Waals surface area contributed by atoms with Gasteiger partial charge in [0.1, 0.15) is 0 Å². The molecule has 0 saturated heterocycles. The fraction of sp³-hybridized carbons (Fsp3) is 0.417. The van der Waals surface area contributed by atoms with Gasteiger partial charge in [0, 0.05) is 13.1 Å². The summed E-state index contributed by atoms with van der Waals surface area (Å²) in [6.07, 6.45) is 0. The number of para-hydroxylation sites is 1. The van der Waals surface area contributed by atoms with Crippen LogP contribution in [0.4, 0.5) is 4.39 Å². The predicted octanol–water partition coefficient (Wildman–Crippen LogP) is 0.930. The summed E-state index contributed by atoms with van der Waals surface area (Å²) in [6, 6.07) is 6.00. The average Bonchev–Trinajstić information content (AvgIpc) is 2.34. The van der Waals surface area contributed by atoms with Crippen LogP contribution in [0.1, 0.15) is 6.92 Å². The van der Waals surface area contributed by atoms with E-state index in [2.05, 4.69) is 10.6 Å². The highest BCUT2D eigenvalue weighted by Crippen LogP contribution is 2.14. The maximum Gasteiger partial charge on any atom is 0.257 e. The van der Waals surface area contributed by atoms with Crippen molar-refractivity contribution in [3.8, 4) is 5.75 Å². The molecule has 0 aromatic heterocycles. The molecule has 0 fully saturated rings. The van der Waals surface area contributed by atoms with Crippen molar-refractivity contribution in [2.45, 2.75) is 6.92 Å². The quantitative estimate of drug-likeness (QED) is 0.697. The molecule has 1 amide bonds. The predicted molar refractivity (Wildman–Crippen MR) is 63.4 cm³/mol. The Balaban J connectivity index is 2.22. The lowest BCUT2D eigenvalue weighted by Gasteiger charge is -2.08. The molecular formula is C12H17FN2O2. The molecule has 5 heteroatoms. The second kappa shape index (κ2) is 7.62. The Morgan fingerprint density at radius 1 is 1.35 bits per heavy atom. The Bertz CT molecular complexity index is 358. The highest BCUT2D eigenvalue weighted by atomic mass is 19.1. The fourth-order valence-corrected chi connectivity index (χ4v) is 1.22. The van der Waals surface area contributed by atoms with E-state index in [-0.39, 0.29) is 18.3 Å². The Hall–Kier alpha value is -1.62. The Kier molecular flexibility index (Phi) is 6.03. The topological polar surface area (TPSA) is 50.4 Å². The van der Waals surface area contributed by atoms with Crippen molar-refractivity contribution in [1.29, 1.82) is 0 Å². The SMILES string of the molecule is CCNCCNC(=O)COc1ccccc1F. The maximum absolute atomic E-state index is 13.1. The van der Waals surface area contributed by atoms with E-state index in [0.29, 0.717) is 13.1 Å². The molecule has 0 spiro atoms. The van der Waals surface area contributed by atoms with Gasteiger partial charge in [-0.15, -0.1) is 0 Å². The molecule has 0 bridgehead atoms. The molecule has 0 heterocycles. The third-order valence-corrected chi connectivity index (χ3v) is 2.07. The molecule has 0 radical (unpaired) electrons. The van der Waals surface area contributed by atoms with Crippen LogP contribution in [0.5, 0.6) is 5.75 Å². The normalized spacial score (nSPS) is 10.0. The third kappa shape index (κ3) is 5.31. The largest absolute Gasteiger partial charge is 0.481 e. The Morgan fingerprint density at radius 2 is 2.12 bits per heavy atom. The summed E-state index contributed by atoms with van der Waals surface area (Å²) >= 11 is 0. The van der Waals surface area contributed by atoms with Crippen LogP contribution in [-0.4, -0.2) is 32.1 Å². The Morgan fingerprint density at radius 3 is 2.82 bits per heavy atom. The highest BCUT2D eigenvalue weighted by Gasteiger charge is 2.05. The summed E-state index contributed by atoms with van der Waals surface area (Å²) in [5.74, 6) is -0.631. The molecule has 1 aromatic carbocycles. The second-order valence-electron chi connectivity index (χ2n) is 3.42. The number of benzene rings is 1. The van der Waals surface area contributed by atoms with Crippen molar-refractivity contribution >= 4 is 5.91 Å². The summed E-state index contributed by atoms with van der Waals surface area (Å²) in [6.45, 7) is 3.92. The van der Waals surface area contributed by atoms with Gasteiger partial charge in [0.15, 0.2) is 18.2 Å². The van der Waals surface area contributed by atoms with E-state index in [1.807, 2.05) is 6.92 Å². The number of halogens is 1. The molecule has 1 rings (SSSR count). The summed E-state index contributed by atoms with van der Waals surface area (Å²) in [7, 11) is 0. The van der Waals surface area contributed by atoms with E-state index in [1.165, 1.54) is 12.1 Å². The number of carbonyl (C=O) groups excluding carboxylic acids is 1. The molecule has 4 nitrogen and oxygen atoms in total. The smallest absolute Gasteiger partial charge is 0.257 e. The van der Waals surface area contributed by atoms with Gasteiger partial charge in [-0.1, -0.05) is 19.1 Å². The molecule has 2 N–H and O–H groups in total. The first kappa shape index (κ1) is 13.4. The molecule has 0 aliphatic heterocycles. The van der Waals surface area contributed by atoms with Crippen LogP contribution in [-0.2, 0) is 4.79 Å². The van der Waals surface area contributed by atoms with Crippen molar-refractivity contribution in [3.63, 3.8) is 0 Å². The second-order valence-corrected chi connectivity index (χ2v) is 3.42. The van der Waals surface area contributed by atoms with Crippen LogP contribution in [0.15, 0.2) is 24.3 Å². The summed E-state index contributed by atoms with van der Waals surface area (Å²) in [4.78, 5) is 11.3. The van der Waals surface area contributed by atoms with Gasteiger partial charge in [-0.2, -0.15) is 0 Å². The van der Waals surface area contributed by atoms with E-state index >= 15 is 0 Å². The number of hydrogen-bond acceptors (Lipinski definition) is 3. The lowest BCUT2D eigenvalue weighted by Crippen LogP contribution is -2.34. The van der Waals surface area contributed by atoms with E-state index in [0.717, 1.165) is 6.54 Å².